The Hall–Kier alpha value is -2.60. The third-order valence-corrected chi connectivity index (χ3v) is 6.44. The van der Waals surface area contributed by atoms with Crippen LogP contribution in [0.2, 0.25) is 0 Å². The van der Waals surface area contributed by atoms with E-state index in [2.05, 4.69) is 42.7 Å². The number of nitrogens with zero attached hydrogens (tertiary/aromatic N) is 3. The molecular formula is C24H27N3O2S. The molecule has 6 heteroatoms. The molecular weight excluding hydrogens is 394 g/mol. The number of esters is 1. The van der Waals surface area contributed by atoms with Gasteiger partial charge in [0.1, 0.15) is 0 Å². The van der Waals surface area contributed by atoms with E-state index in [-0.39, 0.29) is 12.0 Å². The Morgan fingerprint density at radius 2 is 2.03 bits per heavy atom. The number of hydrogen-bond donors (Lipinski definition) is 0. The lowest BCUT2D eigenvalue weighted by Gasteiger charge is -2.12. The first-order valence-electron chi connectivity index (χ1n) is 10.5. The summed E-state index contributed by atoms with van der Waals surface area (Å²) in [4.78, 5) is 21.4. The molecule has 0 radical (unpaired) electrons. The Morgan fingerprint density at radius 1 is 1.20 bits per heavy atom. The van der Waals surface area contributed by atoms with Crippen molar-refractivity contribution in [1.82, 2.24) is 9.55 Å². The highest BCUT2D eigenvalue weighted by molar-refractivity contribution is 7.99. The van der Waals surface area contributed by atoms with Gasteiger partial charge in [-0.15, -0.1) is 0 Å². The highest BCUT2D eigenvalue weighted by atomic mass is 32.2. The predicted octanol–water partition coefficient (Wildman–Crippen LogP) is 5.34. The van der Waals surface area contributed by atoms with E-state index in [1.165, 1.54) is 16.7 Å². The van der Waals surface area contributed by atoms with E-state index in [0.717, 1.165) is 34.1 Å². The van der Waals surface area contributed by atoms with Crippen molar-refractivity contribution in [2.24, 2.45) is 4.99 Å². The van der Waals surface area contributed by atoms with Crippen molar-refractivity contribution in [1.29, 1.82) is 0 Å². The lowest BCUT2D eigenvalue weighted by Crippen LogP contribution is -2.12. The number of carbonyl (C=O) groups excluding carboxylic acids is 1. The summed E-state index contributed by atoms with van der Waals surface area (Å²) < 4.78 is 7.29. The topological polar surface area (TPSA) is 56.5 Å². The fourth-order valence-electron chi connectivity index (χ4n) is 4.00. The maximum absolute atomic E-state index is 11.6. The number of imidazole rings is 1. The van der Waals surface area contributed by atoms with E-state index in [1.807, 2.05) is 25.1 Å². The molecule has 4 rings (SSSR count). The number of aliphatic imine (C=N–C) groups is 1. The van der Waals surface area contributed by atoms with Gasteiger partial charge in [0, 0.05) is 17.7 Å². The number of benzene rings is 2. The average Bonchev–Trinajstić information content (AvgIpc) is 3.24. The first-order chi connectivity index (χ1) is 14.6. The summed E-state index contributed by atoms with van der Waals surface area (Å²) in [5.74, 6) is 0.689. The van der Waals surface area contributed by atoms with E-state index in [1.54, 1.807) is 11.8 Å². The monoisotopic (exact) mass is 421 g/mol. The van der Waals surface area contributed by atoms with Crippen molar-refractivity contribution in [2.45, 2.75) is 51.4 Å². The summed E-state index contributed by atoms with van der Waals surface area (Å²) in [6, 6.07) is 14.9. The number of rotatable bonds is 8. The molecule has 0 N–H and O–H groups in total. The molecule has 0 spiro atoms. The molecule has 1 aromatic heterocycles. The van der Waals surface area contributed by atoms with Crippen LogP contribution in [0, 0.1) is 6.92 Å². The van der Waals surface area contributed by atoms with Gasteiger partial charge in [-0.25, -0.2) is 4.98 Å². The third kappa shape index (κ3) is 4.15. The van der Waals surface area contributed by atoms with Crippen molar-refractivity contribution in [2.75, 3.05) is 12.4 Å². The molecule has 3 aromatic rings. The largest absolute Gasteiger partial charge is 0.466 e. The molecule has 30 heavy (non-hydrogen) atoms. The Bertz CT molecular complexity index is 1100. The molecule has 2 aromatic carbocycles. The van der Waals surface area contributed by atoms with Gasteiger partial charge in [0.15, 0.2) is 5.16 Å². The molecule has 0 fully saturated rings. The van der Waals surface area contributed by atoms with Gasteiger partial charge >= 0.3 is 5.97 Å². The molecule has 0 saturated heterocycles. The zero-order valence-corrected chi connectivity index (χ0v) is 18.5. The van der Waals surface area contributed by atoms with Crippen LogP contribution in [0.1, 0.15) is 49.4 Å². The number of aryl methyl sites for hydroxylation is 1. The fourth-order valence-corrected chi connectivity index (χ4v) is 4.95. The van der Waals surface area contributed by atoms with E-state index >= 15 is 0 Å². The van der Waals surface area contributed by atoms with Gasteiger partial charge in [0.25, 0.3) is 0 Å². The fraction of sp³-hybridized carbons (Fsp3) is 0.375. The number of ether oxygens (including phenoxy) is 1. The number of fused-ring (bicyclic) bond motifs is 2. The molecule has 0 aliphatic carbocycles. The molecule has 2 heterocycles. The molecule has 0 saturated carbocycles. The maximum Gasteiger partial charge on any atom is 0.305 e. The van der Waals surface area contributed by atoms with Gasteiger partial charge in [-0.1, -0.05) is 42.1 Å². The van der Waals surface area contributed by atoms with E-state index in [0.29, 0.717) is 19.6 Å². The van der Waals surface area contributed by atoms with Crippen LogP contribution in [0.3, 0.4) is 0 Å². The van der Waals surface area contributed by atoms with Crippen LogP contribution in [0.4, 0.5) is 0 Å². The summed E-state index contributed by atoms with van der Waals surface area (Å²) in [5.41, 5.74) is 7.07. The quantitative estimate of drug-likeness (QED) is 0.280. The van der Waals surface area contributed by atoms with Crippen molar-refractivity contribution >= 4 is 34.5 Å². The molecule has 1 aliphatic rings. The van der Waals surface area contributed by atoms with Crippen molar-refractivity contribution in [3.05, 3.63) is 59.2 Å². The molecule has 156 valence electrons. The number of para-hydroxylation sites is 2. The van der Waals surface area contributed by atoms with E-state index in [9.17, 15) is 4.79 Å². The Morgan fingerprint density at radius 3 is 2.87 bits per heavy atom. The lowest BCUT2D eigenvalue weighted by molar-refractivity contribution is -0.143. The predicted molar refractivity (Wildman–Crippen MR) is 122 cm³/mol. The molecule has 1 aliphatic heterocycles. The van der Waals surface area contributed by atoms with Crippen LogP contribution in [-0.4, -0.2) is 33.6 Å². The minimum absolute atomic E-state index is 0.131. The van der Waals surface area contributed by atoms with E-state index < -0.39 is 0 Å². The minimum Gasteiger partial charge on any atom is -0.466 e. The number of hydrogen-bond acceptors (Lipinski definition) is 5. The average molecular weight is 422 g/mol. The van der Waals surface area contributed by atoms with Crippen LogP contribution in [-0.2, 0) is 16.1 Å². The van der Waals surface area contributed by atoms with Crippen LogP contribution in [0.15, 0.2) is 52.6 Å². The number of aromatic nitrogens is 2. The second-order valence-corrected chi connectivity index (χ2v) is 8.58. The van der Waals surface area contributed by atoms with Crippen LogP contribution >= 0.6 is 11.8 Å². The van der Waals surface area contributed by atoms with Crippen LogP contribution < -0.4 is 0 Å². The lowest BCUT2D eigenvalue weighted by atomic mass is 9.97. The highest BCUT2D eigenvalue weighted by Crippen LogP contribution is 2.33. The van der Waals surface area contributed by atoms with Gasteiger partial charge < -0.3 is 9.30 Å². The van der Waals surface area contributed by atoms with Crippen LogP contribution in [0.25, 0.3) is 11.0 Å². The maximum atomic E-state index is 11.6. The first kappa shape index (κ1) is 20.7. The standard InChI is InChI=1S/C24H27N3O2S/c1-4-29-22(28)13-8-14-30-24-26-19-11-5-6-12-21(19)27(24)15-20-23-16(2)9-7-10-18(23)17(3)25-20/h5-7,9-12,17H,4,8,13-15H2,1-3H3. The molecule has 1 unspecified atom stereocenters. The summed E-state index contributed by atoms with van der Waals surface area (Å²) >= 11 is 1.69. The summed E-state index contributed by atoms with van der Waals surface area (Å²) in [6.45, 7) is 7.28. The Balaban J connectivity index is 1.58. The smallest absolute Gasteiger partial charge is 0.305 e. The van der Waals surface area contributed by atoms with Gasteiger partial charge in [0.2, 0.25) is 0 Å². The second-order valence-electron chi connectivity index (χ2n) is 7.52. The summed E-state index contributed by atoms with van der Waals surface area (Å²) in [6.07, 6.45) is 1.21. The zero-order valence-electron chi connectivity index (χ0n) is 17.7. The molecule has 1 atom stereocenters. The summed E-state index contributed by atoms with van der Waals surface area (Å²) in [7, 11) is 0. The highest BCUT2D eigenvalue weighted by Gasteiger charge is 2.25. The Labute approximate surface area is 181 Å². The van der Waals surface area contributed by atoms with Crippen LogP contribution in [0.5, 0.6) is 0 Å². The molecule has 0 bridgehead atoms. The zero-order chi connectivity index (χ0) is 21.1. The SMILES string of the molecule is CCOC(=O)CCCSc1nc2ccccc2n1CC1=NC(C)c2cccc(C)c21. The third-order valence-electron chi connectivity index (χ3n) is 5.38. The number of thioether (sulfide) groups is 1. The normalized spacial score (nSPS) is 15.3. The van der Waals surface area contributed by atoms with Crippen molar-refractivity contribution in [3.63, 3.8) is 0 Å². The van der Waals surface area contributed by atoms with E-state index in [4.69, 9.17) is 14.7 Å². The molecule has 0 amide bonds. The van der Waals surface area contributed by atoms with Gasteiger partial charge in [0.05, 0.1) is 35.9 Å². The Kier molecular flexibility index (Phi) is 6.23. The van der Waals surface area contributed by atoms with Gasteiger partial charge in [-0.2, -0.15) is 0 Å². The van der Waals surface area contributed by atoms with Gasteiger partial charge in [-0.3, -0.25) is 9.79 Å². The van der Waals surface area contributed by atoms with Crippen molar-refractivity contribution < 1.29 is 9.53 Å². The molecule has 5 nitrogen and oxygen atoms in total. The number of carbonyl (C=O) groups is 1. The van der Waals surface area contributed by atoms with Gasteiger partial charge in [-0.05, 0) is 50.5 Å². The minimum atomic E-state index is -0.131. The first-order valence-corrected chi connectivity index (χ1v) is 11.5. The second kappa shape index (κ2) is 9.04. The van der Waals surface area contributed by atoms with Crippen molar-refractivity contribution in [3.8, 4) is 0 Å². The summed E-state index contributed by atoms with van der Waals surface area (Å²) in [5, 5.41) is 0.970.